The summed E-state index contributed by atoms with van der Waals surface area (Å²) in [6, 6.07) is 12.1. The van der Waals surface area contributed by atoms with Gasteiger partial charge in [0, 0.05) is 12.4 Å². The smallest absolute Gasteiger partial charge is 0.477 e. The molecule has 0 fully saturated rings. The minimum atomic E-state index is -5.54. The van der Waals surface area contributed by atoms with E-state index in [1.807, 2.05) is 0 Å². The lowest BCUT2D eigenvalue weighted by Crippen LogP contribution is -2.43. The largest absolute Gasteiger partial charge is 0.516 e. The van der Waals surface area contributed by atoms with Gasteiger partial charge >= 0.3 is 15.5 Å². The molecule has 0 N–H and O–H groups in total. The minimum Gasteiger partial charge on any atom is -0.477 e. The van der Waals surface area contributed by atoms with E-state index in [9.17, 15) is 21.6 Å². The Labute approximate surface area is 147 Å². The second-order valence-corrected chi connectivity index (χ2v) is 7.08. The molecule has 138 valence electrons. The Morgan fingerprint density at radius 3 is 2.50 bits per heavy atom. The molecular formula is C16H14F3N3O3S. The highest BCUT2D eigenvalue weighted by Crippen LogP contribution is 2.30. The van der Waals surface area contributed by atoms with Crippen LogP contribution in [0.1, 0.15) is 0 Å². The van der Waals surface area contributed by atoms with Crippen molar-refractivity contribution in [3.63, 3.8) is 0 Å². The molecule has 0 saturated carbocycles. The average Bonchev–Trinajstić information content (AvgIpc) is 3.07. The third kappa shape index (κ3) is 3.45. The number of alkyl halides is 3. The van der Waals surface area contributed by atoms with Crippen LogP contribution in [0.5, 0.6) is 5.88 Å². The summed E-state index contributed by atoms with van der Waals surface area (Å²) in [6.45, 7) is -0.779. The summed E-state index contributed by atoms with van der Waals surface area (Å²) < 4.78 is 70.2. The van der Waals surface area contributed by atoms with Crippen molar-refractivity contribution >= 4 is 21.4 Å². The Morgan fingerprint density at radius 1 is 1.08 bits per heavy atom. The maximum Gasteiger partial charge on any atom is 0.516 e. The molecule has 0 radical (unpaired) electrons. The van der Waals surface area contributed by atoms with Crippen LogP contribution in [-0.2, 0) is 10.0 Å². The number of ether oxygens (including phenoxy) is 1. The Balaban J connectivity index is 1.82. The van der Waals surface area contributed by atoms with Gasteiger partial charge in [-0.05, 0) is 24.3 Å². The molecule has 0 aliphatic heterocycles. The van der Waals surface area contributed by atoms with Gasteiger partial charge in [-0.3, -0.25) is 8.71 Å². The number of fused-ring (bicyclic) bond motifs is 1. The normalized spacial score (nSPS) is 12.3. The van der Waals surface area contributed by atoms with Crippen molar-refractivity contribution in [2.24, 2.45) is 0 Å². The molecule has 0 saturated heterocycles. The summed E-state index contributed by atoms with van der Waals surface area (Å²) in [5, 5.41) is 0. The number of aromatic nitrogens is 2. The first-order chi connectivity index (χ1) is 12.3. The van der Waals surface area contributed by atoms with Crippen LogP contribution >= 0.6 is 0 Å². The van der Waals surface area contributed by atoms with Gasteiger partial charge < -0.3 is 4.74 Å². The Bertz CT molecular complexity index is 988. The molecule has 0 spiro atoms. The molecule has 0 bridgehead atoms. The molecule has 3 aromatic rings. The lowest BCUT2D eigenvalue weighted by molar-refractivity contribution is -0.0438. The third-order valence-corrected chi connectivity index (χ3v) is 5.12. The highest BCUT2D eigenvalue weighted by atomic mass is 32.2. The van der Waals surface area contributed by atoms with Crippen LogP contribution in [0.4, 0.5) is 18.9 Å². The number of para-hydroxylation sites is 1. The van der Waals surface area contributed by atoms with Gasteiger partial charge in [0.2, 0.25) is 0 Å². The number of imidazole rings is 1. The highest BCUT2D eigenvalue weighted by molar-refractivity contribution is 7.93. The average molecular weight is 385 g/mol. The van der Waals surface area contributed by atoms with Crippen molar-refractivity contribution in [1.82, 2.24) is 9.38 Å². The molecule has 1 aromatic carbocycles. The van der Waals surface area contributed by atoms with Crippen LogP contribution in [0.2, 0.25) is 0 Å². The Hall–Kier alpha value is -2.75. The Kier molecular flexibility index (Phi) is 4.77. The lowest BCUT2D eigenvalue weighted by Gasteiger charge is -2.25. The minimum absolute atomic E-state index is 0.0886. The first kappa shape index (κ1) is 18.1. The molecule has 6 nitrogen and oxygen atoms in total. The number of anilines is 1. The number of pyridine rings is 1. The van der Waals surface area contributed by atoms with Gasteiger partial charge in [-0.15, -0.1) is 0 Å². The third-order valence-electron chi connectivity index (χ3n) is 3.56. The molecule has 26 heavy (non-hydrogen) atoms. The summed E-state index contributed by atoms with van der Waals surface area (Å²) in [5.41, 5.74) is -4.90. The van der Waals surface area contributed by atoms with Crippen molar-refractivity contribution in [1.29, 1.82) is 0 Å². The van der Waals surface area contributed by atoms with Crippen molar-refractivity contribution in [3.8, 4) is 5.88 Å². The van der Waals surface area contributed by atoms with Gasteiger partial charge in [0.05, 0.1) is 12.2 Å². The quantitative estimate of drug-likeness (QED) is 0.654. The van der Waals surface area contributed by atoms with E-state index in [1.165, 1.54) is 24.3 Å². The van der Waals surface area contributed by atoms with Gasteiger partial charge in [0.15, 0.2) is 5.88 Å². The summed E-state index contributed by atoms with van der Waals surface area (Å²) >= 11 is 0. The van der Waals surface area contributed by atoms with Crippen molar-refractivity contribution in [2.75, 3.05) is 17.5 Å². The highest BCUT2D eigenvalue weighted by Gasteiger charge is 2.50. The molecule has 3 rings (SSSR count). The number of nitrogens with zero attached hydrogens (tertiary/aromatic N) is 3. The fourth-order valence-corrected chi connectivity index (χ4v) is 3.34. The van der Waals surface area contributed by atoms with Crippen molar-refractivity contribution in [2.45, 2.75) is 5.51 Å². The van der Waals surface area contributed by atoms with E-state index in [4.69, 9.17) is 4.74 Å². The Morgan fingerprint density at radius 2 is 1.81 bits per heavy atom. The number of hydrogen-bond acceptors (Lipinski definition) is 4. The molecule has 0 amide bonds. The standard InChI is InChI=1S/C16H14F3N3O3S/c17-16(18,19)26(23,24)22(13-5-2-1-3-6-13)11-12-25-15-8-4-7-14-20-9-10-21(14)15/h1-10H,11-12H2. The number of benzene rings is 1. The zero-order chi connectivity index (χ0) is 18.8. The van der Waals surface area contributed by atoms with E-state index < -0.39 is 22.1 Å². The zero-order valence-corrected chi connectivity index (χ0v) is 14.1. The molecule has 0 aliphatic rings. The van der Waals surface area contributed by atoms with Crippen LogP contribution in [0.3, 0.4) is 0 Å². The van der Waals surface area contributed by atoms with E-state index in [0.29, 0.717) is 15.8 Å². The van der Waals surface area contributed by atoms with Gasteiger partial charge in [-0.25, -0.2) is 4.98 Å². The molecule has 0 aliphatic carbocycles. The molecule has 10 heteroatoms. The second kappa shape index (κ2) is 6.87. The fourth-order valence-electron chi connectivity index (χ4n) is 2.38. The predicted octanol–water partition coefficient (Wildman–Crippen LogP) is 3.07. The molecule has 0 unspecified atom stereocenters. The van der Waals surface area contributed by atoms with Crippen LogP contribution < -0.4 is 9.04 Å². The maximum absolute atomic E-state index is 13.0. The summed E-state index contributed by atoms with van der Waals surface area (Å²) in [4.78, 5) is 4.07. The van der Waals surface area contributed by atoms with Gasteiger partial charge in [-0.2, -0.15) is 21.6 Å². The molecular weight excluding hydrogens is 371 g/mol. The van der Waals surface area contributed by atoms with Crippen molar-refractivity contribution in [3.05, 3.63) is 60.9 Å². The van der Waals surface area contributed by atoms with E-state index in [0.717, 1.165) is 0 Å². The first-order valence-electron chi connectivity index (χ1n) is 7.49. The zero-order valence-electron chi connectivity index (χ0n) is 13.3. The van der Waals surface area contributed by atoms with Crippen LogP contribution in [0.25, 0.3) is 5.65 Å². The number of sulfonamides is 1. The number of halogens is 3. The first-order valence-corrected chi connectivity index (χ1v) is 8.93. The molecule has 2 aromatic heterocycles. The maximum atomic E-state index is 13.0. The molecule has 2 heterocycles. The van der Waals surface area contributed by atoms with Crippen LogP contribution in [0, 0.1) is 0 Å². The van der Waals surface area contributed by atoms with E-state index in [2.05, 4.69) is 4.98 Å². The van der Waals surface area contributed by atoms with Crippen molar-refractivity contribution < 1.29 is 26.3 Å². The van der Waals surface area contributed by atoms with Crippen LogP contribution in [-0.4, -0.2) is 36.5 Å². The van der Waals surface area contributed by atoms with Gasteiger partial charge in [-0.1, -0.05) is 24.3 Å². The van der Waals surface area contributed by atoms with Gasteiger partial charge in [0.25, 0.3) is 0 Å². The number of rotatable bonds is 6. The topological polar surface area (TPSA) is 63.9 Å². The second-order valence-electron chi connectivity index (χ2n) is 5.23. The van der Waals surface area contributed by atoms with Crippen LogP contribution in [0.15, 0.2) is 60.9 Å². The fraction of sp³-hybridized carbons (Fsp3) is 0.188. The summed E-state index contributed by atoms with van der Waals surface area (Å²) in [7, 11) is -5.54. The summed E-state index contributed by atoms with van der Waals surface area (Å²) in [5.74, 6) is 0.345. The summed E-state index contributed by atoms with van der Waals surface area (Å²) in [6.07, 6.45) is 3.18. The van der Waals surface area contributed by atoms with E-state index in [1.54, 1.807) is 41.1 Å². The molecule has 0 atom stereocenters. The lowest BCUT2D eigenvalue weighted by atomic mass is 10.3. The monoisotopic (exact) mass is 385 g/mol. The number of hydrogen-bond donors (Lipinski definition) is 0. The predicted molar refractivity (Wildman–Crippen MR) is 89.4 cm³/mol. The van der Waals surface area contributed by atoms with E-state index >= 15 is 0 Å². The SMILES string of the molecule is O=S(=O)(N(CCOc1cccc2nccn12)c1ccccc1)C(F)(F)F. The van der Waals surface area contributed by atoms with E-state index in [-0.39, 0.29) is 12.3 Å². The van der Waals surface area contributed by atoms with Gasteiger partial charge in [0.1, 0.15) is 12.3 Å².